The number of aryl methyl sites for hydroxylation is 1. The van der Waals surface area contributed by atoms with E-state index in [4.69, 9.17) is 4.74 Å². The zero-order valence-corrected chi connectivity index (χ0v) is 14.7. The van der Waals surface area contributed by atoms with Crippen LogP contribution >= 0.6 is 11.8 Å². The third kappa shape index (κ3) is 5.16. The lowest BCUT2D eigenvalue weighted by Gasteiger charge is -2.36. The van der Waals surface area contributed by atoms with Gasteiger partial charge < -0.3 is 9.64 Å². The topological polar surface area (TPSA) is 55.3 Å². The second kappa shape index (κ2) is 7.31. The first kappa shape index (κ1) is 17.1. The van der Waals surface area contributed by atoms with E-state index < -0.39 is 5.60 Å². The van der Waals surface area contributed by atoms with Gasteiger partial charge in [-0.15, -0.1) is 16.9 Å². The fourth-order valence-corrected chi connectivity index (χ4v) is 3.35. The van der Waals surface area contributed by atoms with E-state index >= 15 is 0 Å². The summed E-state index contributed by atoms with van der Waals surface area (Å²) in [6, 6.07) is 4.15. The van der Waals surface area contributed by atoms with E-state index in [-0.39, 0.29) is 12.1 Å². The first-order valence-corrected chi connectivity index (χ1v) is 8.76. The molecule has 0 radical (unpaired) electrons. The SMILES string of the molecule is Cc1ccc(SC[C@@H]2CCCCN2C(=O)OC(C)(C)C)nn1. The Morgan fingerprint density at radius 2 is 2.14 bits per heavy atom. The number of likely N-dealkylation sites (tertiary alicyclic amines) is 1. The molecule has 1 atom stereocenters. The molecular weight excluding hydrogens is 298 g/mol. The monoisotopic (exact) mass is 323 g/mol. The maximum absolute atomic E-state index is 12.3. The normalized spacial score (nSPS) is 19.1. The standard InChI is InChI=1S/C16H25N3O2S/c1-12-8-9-14(18-17-12)22-11-13-7-5-6-10-19(13)15(20)21-16(2,3)4/h8-9,13H,5-7,10-11H2,1-4H3/t13-/m0/s1. The molecule has 1 aliphatic rings. The van der Waals surface area contributed by atoms with E-state index in [0.717, 1.165) is 42.3 Å². The number of hydrogen-bond donors (Lipinski definition) is 0. The highest BCUT2D eigenvalue weighted by Crippen LogP contribution is 2.25. The van der Waals surface area contributed by atoms with Gasteiger partial charge in [0.2, 0.25) is 0 Å². The van der Waals surface area contributed by atoms with Crippen LogP contribution in [0.1, 0.15) is 45.7 Å². The van der Waals surface area contributed by atoms with Crippen LogP contribution in [0.15, 0.2) is 17.2 Å². The fraction of sp³-hybridized carbons (Fsp3) is 0.688. The van der Waals surface area contributed by atoms with Crippen LogP contribution in [0.25, 0.3) is 0 Å². The van der Waals surface area contributed by atoms with Gasteiger partial charge >= 0.3 is 6.09 Å². The summed E-state index contributed by atoms with van der Waals surface area (Å²) in [4.78, 5) is 14.2. The molecule has 1 fully saturated rings. The zero-order chi connectivity index (χ0) is 16.2. The van der Waals surface area contributed by atoms with E-state index in [1.54, 1.807) is 11.8 Å². The van der Waals surface area contributed by atoms with Crippen molar-refractivity contribution >= 4 is 17.9 Å². The molecule has 0 unspecified atom stereocenters. The summed E-state index contributed by atoms with van der Waals surface area (Å²) in [5.74, 6) is 0.830. The van der Waals surface area contributed by atoms with Crippen molar-refractivity contribution in [3.63, 3.8) is 0 Å². The van der Waals surface area contributed by atoms with Gasteiger partial charge in [-0.05, 0) is 59.1 Å². The summed E-state index contributed by atoms with van der Waals surface area (Å²) in [5, 5.41) is 9.14. The highest BCUT2D eigenvalue weighted by atomic mass is 32.2. The molecule has 6 heteroatoms. The molecule has 0 spiro atoms. The quantitative estimate of drug-likeness (QED) is 0.794. The van der Waals surface area contributed by atoms with Gasteiger partial charge in [0, 0.05) is 18.3 Å². The van der Waals surface area contributed by atoms with Crippen LogP contribution in [-0.2, 0) is 4.74 Å². The van der Waals surface area contributed by atoms with Gasteiger partial charge in [-0.25, -0.2) is 4.79 Å². The van der Waals surface area contributed by atoms with Crippen LogP contribution in [0.3, 0.4) is 0 Å². The number of hydrogen-bond acceptors (Lipinski definition) is 5. The molecule has 1 amide bonds. The Kier molecular flexibility index (Phi) is 5.67. The molecule has 1 aromatic rings. The van der Waals surface area contributed by atoms with Crippen molar-refractivity contribution in [2.75, 3.05) is 12.3 Å². The lowest BCUT2D eigenvalue weighted by molar-refractivity contribution is 0.0126. The molecule has 1 aromatic heterocycles. The van der Waals surface area contributed by atoms with Crippen LogP contribution in [-0.4, -0.2) is 45.1 Å². The number of ether oxygens (including phenoxy) is 1. The van der Waals surface area contributed by atoms with Crippen LogP contribution in [0.2, 0.25) is 0 Å². The van der Waals surface area contributed by atoms with Crippen molar-refractivity contribution in [2.24, 2.45) is 0 Å². The molecule has 0 N–H and O–H groups in total. The number of carbonyl (C=O) groups excluding carboxylic acids is 1. The van der Waals surface area contributed by atoms with Crippen LogP contribution in [0.5, 0.6) is 0 Å². The lowest BCUT2D eigenvalue weighted by atomic mass is 10.0. The van der Waals surface area contributed by atoms with Crippen molar-refractivity contribution < 1.29 is 9.53 Å². The number of amides is 1. The van der Waals surface area contributed by atoms with Crippen LogP contribution in [0.4, 0.5) is 4.79 Å². The van der Waals surface area contributed by atoms with Crippen LogP contribution in [0, 0.1) is 6.92 Å². The van der Waals surface area contributed by atoms with Gasteiger partial charge in [0.15, 0.2) is 0 Å². The van der Waals surface area contributed by atoms with E-state index in [9.17, 15) is 4.79 Å². The van der Waals surface area contributed by atoms with Crippen LogP contribution < -0.4 is 0 Å². The number of nitrogens with zero attached hydrogens (tertiary/aromatic N) is 3. The molecule has 5 nitrogen and oxygen atoms in total. The lowest BCUT2D eigenvalue weighted by Crippen LogP contribution is -2.47. The van der Waals surface area contributed by atoms with E-state index in [0.29, 0.717) is 0 Å². The summed E-state index contributed by atoms with van der Waals surface area (Å²) in [5.41, 5.74) is 0.465. The summed E-state index contributed by atoms with van der Waals surface area (Å²) in [6.07, 6.45) is 3.02. The van der Waals surface area contributed by atoms with Gasteiger partial charge in [-0.1, -0.05) is 0 Å². The molecule has 0 saturated carbocycles. The molecule has 122 valence electrons. The summed E-state index contributed by atoms with van der Waals surface area (Å²) < 4.78 is 5.52. The van der Waals surface area contributed by atoms with Gasteiger partial charge in [0.25, 0.3) is 0 Å². The average Bonchev–Trinajstić information content (AvgIpc) is 2.45. The Balaban J connectivity index is 1.94. The molecule has 22 heavy (non-hydrogen) atoms. The maximum atomic E-state index is 12.3. The molecule has 2 rings (SSSR count). The zero-order valence-electron chi connectivity index (χ0n) is 13.8. The first-order valence-electron chi connectivity index (χ1n) is 7.78. The molecular formula is C16H25N3O2S. The van der Waals surface area contributed by atoms with Gasteiger partial charge in [-0.2, -0.15) is 5.10 Å². The number of piperidine rings is 1. The fourth-order valence-electron chi connectivity index (χ4n) is 2.38. The summed E-state index contributed by atoms with van der Waals surface area (Å²) in [6.45, 7) is 8.41. The summed E-state index contributed by atoms with van der Waals surface area (Å²) >= 11 is 1.65. The number of carbonyl (C=O) groups is 1. The van der Waals surface area contributed by atoms with E-state index in [1.165, 1.54) is 0 Å². The summed E-state index contributed by atoms with van der Waals surface area (Å²) in [7, 11) is 0. The predicted octanol–water partition coefficient (Wildman–Crippen LogP) is 3.67. The second-order valence-electron chi connectivity index (χ2n) is 6.65. The third-order valence-corrected chi connectivity index (χ3v) is 4.52. The van der Waals surface area contributed by atoms with E-state index in [2.05, 4.69) is 10.2 Å². The molecule has 1 saturated heterocycles. The molecule has 0 aromatic carbocycles. The highest BCUT2D eigenvalue weighted by molar-refractivity contribution is 7.99. The third-order valence-electron chi connectivity index (χ3n) is 3.45. The van der Waals surface area contributed by atoms with Crippen molar-refractivity contribution in [2.45, 2.75) is 63.6 Å². The molecule has 2 heterocycles. The number of thioether (sulfide) groups is 1. The minimum absolute atomic E-state index is 0.201. The molecule has 1 aliphatic heterocycles. The van der Waals surface area contributed by atoms with Gasteiger partial charge in [0.05, 0.1) is 5.69 Å². The van der Waals surface area contributed by atoms with Gasteiger partial charge in [-0.3, -0.25) is 0 Å². The Labute approximate surface area is 136 Å². The number of aromatic nitrogens is 2. The Morgan fingerprint density at radius 3 is 2.77 bits per heavy atom. The van der Waals surface area contributed by atoms with Gasteiger partial charge in [0.1, 0.15) is 10.6 Å². The minimum atomic E-state index is -0.450. The minimum Gasteiger partial charge on any atom is -0.444 e. The maximum Gasteiger partial charge on any atom is 0.410 e. The Bertz CT molecular complexity index is 499. The van der Waals surface area contributed by atoms with Crippen molar-refractivity contribution in [3.8, 4) is 0 Å². The van der Waals surface area contributed by atoms with Crippen molar-refractivity contribution in [1.29, 1.82) is 0 Å². The Morgan fingerprint density at radius 1 is 1.36 bits per heavy atom. The average molecular weight is 323 g/mol. The smallest absolute Gasteiger partial charge is 0.410 e. The molecule has 0 bridgehead atoms. The predicted molar refractivity (Wildman–Crippen MR) is 88.1 cm³/mol. The first-order chi connectivity index (χ1) is 10.3. The van der Waals surface area contributed by atoms with E-state index in [1.807, 2.05) is 44.7 Å². The molecule has 0 aliphatic carbocycles. The number of rotatable bonds is 3. The highest BCUT2D eigenvalue weighted by Gasteiger charge is 2.30. The largest absolute Gasteiger partial charge is 0.444 e. The van der Waals surface area contributed by atoms with Crippen molar-refractivity contribution in [3.05, 3.63) is 17.8 Å². The van der Waals surface area contributed by atoms with Crippen molar-refractivity contribution in [1.82, 2.24) is 15.1 Å². The Hall–Kier alpha value is -1.30. The second-order valence-corrected chi connectivity index (χ2v) is 7.69.